The first-order chi connectivity index (χ1) is 12.0. The number of halogens is 2. The Morgan fingerprint density at radius 1 is 1.20 bits per heavy atom. The number of hydrogen-bond acceptors (Lipinski definition) is 4. The van der Waals surface area contributed by atoms with Crippen LogP contribution in [-0.2, 0) is 27.4 Å². The fourth-order valence-corrected chi connectivity index (χ4v) is 2.90. The Morgan fingerprint density at radius 2 is 2.04 bits per heavy atom. The lowest BCUT2D eigenvalue weighted by Gasteiger charge is -2.17. The largest absolute Gasteiger partial charge is 0.482 e. The van der Waals surface area contributed by atoms with E-state index in [2.05, 4.69) is 21.2 Å². The summed E-state index contributed by atoms with van der Waals surface area (Å²) in [4.78, 5) is 23.1. The number of hydrogen-bond donors (Lipinski definition) is 1. The van der Waals surface area contributed by atoms with Crippen molar-refractivity contribution in [3.8, 4) is 5.75 Å². The zero-order valence-electron chi connectivity index (χ0n) is 13.2. The van der Waals surface area contributed by atoms with Crippen molar-refractivity contribution >= 4 is 33.5 Å². The molecule has 1 N–H and O–H groups in total. The number of rotatable bonds is 5. The molecule has 1 aliphatic rings. The van der Waals surface area contributed by atoms with Crippen molar-refractivity contribution < 1.29 is 23.5 Å². The van der Waals surface area contributed by atoms with Crippen molar-refractivity contribution in [3.63, 3.8) is 0 Å². The molecule has 7 heteroatoms. The third-order valence-electron chi connectivity index (χ3n) is 3.73. The summed E-state index contributed by atoms with van der Waals surface area (Å²) in [7, 11) is 0. The highest BCUT2D eigenvalue weighted by molar-refractivity contribution is 9.10. The van der Waals surface area contributed by atoms with E-state index < -0.39 is 5.97 Å². The van der Waals surface area contributed by atoms with Crippen molar-refractivity contribution in [2.45, 2.75) is 19.4 Å². The molecular formula is C18H15BrFNO4. The Labute approximate surface area is 152 Å². The molecule has 0 unspecified atom stereocenters. The molecule has 0 aliphatic carbocycles. The third-order valence-corrected chi connectivity index (χ3v) is 4.47. The van der Waals surface area contributed by atoms with E-state index in [0.717, 1.165) is 11.3 Å². The topological polar surface area (TPSA) is 64.6 Å². The summed E-state index contributed by atoms with van der Waals surface area (Å²) >= 11 is 3.22. The summed E-state index contributed by atoms with van der Waals surface area (Å²) in [5, 5.41) is 2.78. The monoisotopic (exact) mass is 407 g/mol. The molecule has 130 valence electrons. The number of carbonyl (C=O) groups excluding carboxylic acids is 2. The minimum absolute atomic E-state index is 0.00306. The highest BCUT2D eigenvalue weighted by atomic mass is 79.9. The molecule has 0 bridgehead atoms. The Morgan fingerprint density at radius 3 is 2.84 bits per heavy atom. The lowest BCUT2D eigenvalue weighted by molar-refractivity contribution is -0.147. The number of aryl methyl sites for hydroxylation is 1. The van der Waals surface area contributed by atoms with Gasteiger partial charge >= 0.3 is 5.97 Å². The smallest absolute Gasteiger partial charge is 0.344 e. The highest BCUT2D eigenvalue weighted by Crippen LogP contribution is 2.26. The second kappa shape index (κ2) is 7.65. The van der Waals surface area contributed by atoms with Crippen molar-refractivity contribution in [3.05, 3.63) is 57.8 Å². The lowest BCUT2D eigenvalue weighted by atomic mass is 10.0. The molecule has 0 saturated heterocycles. The quantitative estimate of drug-likeness (QED) is 0.769. The van der Waals surface area contributed by atoms with Crippen LogP contribution in [0.25, 0.3) is 0 Å². The van der Waals surface area contributed by atoms with E-state index >= 15 is 0 Å². The van der Waals surface area contributed by atoms with Crippen molar-refractivity contribution in [1.82, 2.24) is 0 Å². The van der Waals surface area contributed by atoms with E-state index in [9.17, 15) is 14.0 Å². The van der Waals surface area contributed by atoms with Gasteiger partial charge in [0.1, 0.15) is 18.2 Å². The molecule has 5 nitrogen and oxygen atoms in total. The number of benzene rings is 2. The van der Waals surface area contributed by atoms with Crippen LogP contribution in [0.4, 0.5) is 10.1 Å². The highest BCUT2D eigenvalue weighted by Gasteiger charge is 2.15. The molecule has 1 aliphatic heterocycles. The van der Waals surface area contributed by atoms with Gasteiger partial charge in [0.05, 0.1) is 0 Å². The van der Waals surface area contributed by atoms with Crippen LogP contribution in [0.3, 0.4) is 0 Å². The number of carbonyl (C=O) groups is 2. The third kappa shape index (κ3) is 4.57. The Kier molecular flexibility index (Phi) is 5.33. The van der Waals surface area contributed by atoms with E-state index in [4.69, 9.17) is 9.47 Å². The molecule has 1 heterocycles. The van der Waals surface area contributed by atoms with Gasteiger partial charge < -0.3 is 14.8 Å². The fourth-order valence-electron chi connectivity index (χ4n) is 2.43. The first-order valence-electron chi connectivity index (χ1n) is 7.66. The van der Waals surface area contributed by atoms with Crippen molar-refractivity contribution in [2.24, 2.45) is 0 Å². The first-order valence-corrected chi connectivity index (χ1v) is 8.46. The Balaban J connectivity index is 1.51. The maximum atomic E-state index is 13.0. The number of esters is 1. The number of nitrogens with one attached hydrogen (secondary N) is 1. The second-order valence-electron chi connectivity index (χ2n) is 5.55. The van der Waals surface area contributed by atoms with Crippen LogP contribution in [0.2, 0.25) is 0 Å². The van der Waals surface area contributed by atoms with Gasteiger partial charge in [-0.05, 0) is 42.3 Å². The number of fused-ring (bicyclic) bond motifs is 1. The van der Waals surface area contributed by atoms with Crippen LogP contribution in [0.1, 0.15) is 17.5 Å². The van der Waals surface area contributed by atoms with E-state index in [1.165, 1.54) is 12.1 Å². The zero-order chi connectivity index (χ0) is 17.8. The molecule has 0 atom stereocenters. The summed E-state index contributed by atoms with van der Waals surface area (Å²) in [5.41, 5.74) is 2.41. The van der Waals surface area contributed by atoms with Crippen LogP contribution < -0.4 is 10.1 Å². The normalized spacial score (nSPS) is 13.0. The first kappa shape index (κ1) is 17.4. The molecule has 0 fully saturated rings. The number of anilines is 1. The van der Waals surface area contributed by atoms with Gasteiger partial charge in [-0.3, -0.25) is 4.79 Å². The summed E-state index contributed by atoms with van der Waals surface area (Å²) in [6, 6.07) is 9.41. The van der Waals surface area contributed by atoms with E-state index in [1.54, 1.807) is 24.3 Å². The molecule has 2 aromatic carbocycles. The molecule has 0 radical (unpaired) electrons. The Bertz CT molecular complexity index is 825. The second-order valence-corrected chi connectivity index (χ2v) is 6.41. The molecule has 3 rings (SSSR count). The van der Waals surface area contributed by atoms with E-state index in [0.29, 0.717) is 28.6 Å². The molecule has 2 aromatic rings. The predicted octanol–water partition coefficient (Wildman–Crippen LogP) is 3.60. The number of ether oxygens (including phenoxy) is 2. The molecule has 1 amide bonds. The van der Waals surface area contributed by atoms with E-state index in [1.807, 2.05) is 0 Å². The molecule has 25 heavy (non-hydrogen) atoms. The summed E-state index contributed by atoms with van der Waals surface area (Å²) in [6.45, 7) is -0.205. The van der Waals surface area contributed by atoms with Crippen LogP contribution >= 0.6 is 15.9 Å². The van der Waals surface area contributed by atoms with E-state index in [-0.39, 0.29) is 24.9 Å². The molecular weight excluding hydrogens is 393 g/mol. The molecule has 0 aromatic heterocycles. The predicted molar refractivity (Wildman–Crippen MR) is 92.8 cm³/mol. The van der Waals surface area contributed by atoms with Gasteiger partial charge in [0.25, 0.3) is 0 Å². The van der Waals surface area contributed by atoms with Gasteiger partial charge in [-0.1, -0.05) is 22.0 Å². The maximum absolute atomic E-state index is 13.0. The lowest BCUT2D eigenvalue weighted by Crippen LogP contribution is -2.19. The minimum atomic E-state index is -0.526. The van der Waals surface area contributed by atoms with Crippen LogP contribution in [0.15, 0.2) is 40.9 Å². The standard InChI is InChI=1S/C18H15BrFNO4/c19-15-8-13(20)3-1-12(15)9-25-18(23)10-24-14-4-5-16-11(7-14)2-6-17(22)21-16/h1,3-5,7-8H,2,6,9-10H2,(H,21,22). The Hall–Kier alpha value is -2.41. The SMILES string of the molecule is O=C1CCc2cc(OCC(=O)OCc3ccc(F)cc3Br)ccc2N1. The van der Waals surface area contributed by atoms with Crippen LogP contribution in [-0.4, -0.2) is 18.5 Å². The van der Waals surface area contributed by atoms with Crippen molar-refractivity contribution in [2.75, 3.05) is 11.9 Å². The minimum Gasteiger partial charge on any atom is -0.482 e. The van der Waals surface area contributed by atoms with Gasteiger partial charge in [0.15, 0.2) is 6.61 Å². The summed E-state index contributed by atoms with van der Waals surface area (Å²) < 4.78 is 24.1. The average molecular weight is 408 g/mol. The zero-order valence-corrected chi connectivity index (χ0v) is 14.8. The average Bonchev–Trinajstić information content (AvgIpc) is 2.59. The van der Waals surface area contributed by atoms with Gasteiger partial charge in [0, 0.05) is 22.1 Å². The molecule has 0 spiro atoms. The van der Waals surface area contributed by atoms with Gasteiger partial charge in [0.2, 0.25) is 5.91 Å². The van der Waals surface area contributed by atoms with Crippen LogP contribution in [0, 0.1) is 5.82 Å². The van der Waals surface area contributed by atoms with Gasteiger partial charge in [-0.25, -0.2) is 9.18 Å². The molecule has 0 saturated carbocycles. The van der Waals surface area contributed by atoms with Gasteiger partial charge in [-0.2, -0.15) is 0 Å². The van der Waals surface area contributed by atoms with Crippen LogP contribution in [0.5, 0.6) is 5.75 Å². The fraction of sp³-hybridized carbons (Fsp3) is 0.222. The van der Waals surface area contributed by atoms with Crippen molar-refractivity contribution in [1.29, 1.82) is 0 Å². The summed E-state index contributed by atoms with van der Waals surface area (Å²) in [6.07, 6.45) is 1.08. The summed E-state index contributed by atoms with van der Waals surface area (Å²) in [5.74, 6) is -0.359. The maximum Gasteiger partial charge on any atom is 0.344 e. The number of amides is 1. The van der Waals surface area contributed by atoms with Gasteiger partial charge in [-0.15, -0.1) is 0 Å².